The number of amides is 1. The molecule has 1 amide bonds. The van der Waals surface area contributed by atoms with Crippen LogP contribution in [-0.4, -0.2) is 75.9 Å². The Hall–Kier alpha value is -4.36. The molecule has 13 heteroatoms. The van der Waals surface area contributed by atoms with Crippen molar-refractivity contribution in [2.45, 2.75) is 19.3 Å². The second kappa shape index (κ2) is 11.3. The number of ether oxygens (including phenoxy) is 1. The molecular weight excluding hydrogens is 544 g/mol. The minimum absolute atomic E-state index is 0.104. The summed E-state index contributed by atoms with van der Waals surface area (Å²) in [6.45, 7) is 4.45. The lowest BCUT2D eigenvalue weighted by Gasteiger charge is -2.35. The van der Waals surface area contributed by atoms with Crippen LogP contribution in [0.5, 0.6) is 5.75 Å². The lowest BCUT2D eigenvalue weighted by molar-refractivity contribution is -0.274. The van der Waals surface area contributed by atoms with Gasteiger partial charge >= 0.3 is 6.36 Å². The zero-order valence-corrected chi connectivity index (χ0v) is 22.2. The average molecular weight is 571 g/mol. The van der Waals surface area contributed by atoms with Crippen LogP contribution < -0.4 is 15.6 Å². The maximum absolute atomic E-state index is 14.2. The zero-order chi connectivity index (χ0) is 29.3. The number of likely N-dealkylation sites (N-methyl/N-ethyl adjacent to an activating group) is 1. The van der Waals surface area contributed by atoms with Gasteiger partial charge in [-0.1, -0.05) is 6.07 Å². The van der Waals surface area contributed by atoms with Crippen molar-refractivity contribution in [2.75, 3.05) is 38.5 Å². The van der Waals surface area contributed by atoms with Gasteiger partial charge in [-0.2, -0.15) is 0 Å². The first-order chi connectivity index (χ1) is 19.5. The number of carbonyl (C=O) groups is 1. The number of halogens is 4. The van der Waals surface area contributed by atoms with Crippen molar-refractivity contribution >= 4 is 22.5 Å². The summed E-state index contributed by atoms with van der Waals surface area (Å²) >= 11 is 0. The van der Waals surface area contributed by atoms with Gasteiger partial charge in [0.25, 0.3) is 5.56 Å². The fourth-order valence-corrected chi connectivity index (χ4v) is 4.64. The predicted octanol–water partition coefficient (Wildman–Crippen LogP) is 4.06. The standard InChI is InChI=1S/C28H26F4N6O3/c1-17(37-12-10-36(2)11-13-37)26(39)35-23-15-19(6-8-24(23)41-28(30,31)32)38-16-34-22-14-18(5-7-20(22)27(38)40)25-21(29)4-3-9-33-25/h3-9,14-17H,10-13H2,1-2H3,(H,35,39). The minimum Gasteiger partial charge on any atom is -0.404 e. The van der Waals surface area contributed by atoms with Crippen molar-refractivity contribution in [3.63, 3.8) is 0 Å². The average Bonchev–Trinajstić information content (AvgIpc) is 2.93. The number of hydrogen-bond acceptors (Lipinski definition) is 7. The molecule has 214 valence electrons. The Labute approximate surface area is 232 Å². The molecule has 0 spiro atoms. The normalized spacial score (nSPS) is 15.6. The number of nitrogens with zero attached hydrogens (tertiary/aromatic N) is 5. The Morgan fingerprint density at radius 1 is 1.05 bits per heavy atom. The number of hydrogen-bond donors (Lipinski definition) is 1. The third-order valence-electron chi connectivity index (χ3n) is 6.98. The van der Waals surface area contributed by atoms with Crippen LogP contribution in [0.1, 0.15) is 6.92 Å². The van der Waals surface area contributed by atoms with Crippen molar-refractivity contribution in [3.05, 3.63) is 77.2 Å². The number of carbonyl (C=O) groups excluding carboxylic acids is 1. The molecule has 1 atom stereocenters. The smallest absolute Gasteiger partial charge is 0.404 e. The van der Waals surface area contributed by atoms with E-state index in [1.54, 1.807) is 6.92 Å². The van der Waals surface area contributed by atoms with E-state index in [-0.39, 0.29) is 28.0 Å². The van der Waals surface area contributed by atoms with Crippen LogP contribution in [0.3, 0.4) is 0 Å². The molecule has 0 radical (unpaired) electrons. The second-order valence-corrected chi connectivity index (χ2v) is 9.72. The Kier molecular flexibility index (Phi) is 7.74. The highest BCUT2D eigenvalue weighted by Gasteiger charge is 2.33. The van der Waals surface area contributed by atoms with Crippen LogP contribution in [0.25, 0.3) is 27.8 Å². The lowest BCUT2D eigenvalue weighted by Crippen LogP contribution is -2.51. The zero-order valence-electron chi connectivity index (χ0n) is 22.2. The van der Waals surface area contributed by atoms with Crippen LogP contribution >= 0.6 is 0 Å². The van der Waals surface area contributed by atoms with E-state index in [0.717, 1.165) is 23.7 Å². The molecular formula is C28H26F4N6O3. The predicted molar refractivity (Wildman–Crippen MR) is 144 cm³/mol. The number of nitrogens with one attached hydrogen (secondary N) is 1. The van der Waals surface area contributed by atoms with Crippen LogP contribution in [0.2, 0.25) is 0 Å². The molecule has 3 heterocycles. The van der Waals surface area contributed by atoms with Gasteiger partial charge in [0.05, 0.1) is 28.3 Å². The summed E-state index contributed by atoms with van der Waals surface area (Å²) < 4.78 is 58.9. The first-order valence-electron chi connectivity index (χ1n) is 12.8. The third kappa shape index (κ3) is 6.20. The maximum Gasteiger partial charge on any atom is 0.573 e. The summed E-state index contributed by atoms with van der Waals surface area (Å²) in [5, 5.41) is 2.73. The Bertz CT molecular complexity index is 1650. The van der Waals surface area contributed by atoms with Crippen molar-refractivity contribution in [3.8, 4) is 22.7 Å². The number of rotatable bonds is 6. The van der Waals surface area contributed by atoms with Gasteiger partial charge in [0, 0.05) is 37.9 Å². The van der Waals surface area contributed by atoms with Crippen LogP contribution in [0.4, 0.5) is 23.2 Å². The Morgan fingerprint density at radius 2 is 1.80 bits per heavy atom. The molecule has 1 saturated heterocycles. The van der Waals surface area contributed by atoms with E-state index in [9.17, 15) is 27.2 Å². The van der Waals surface area contributed by atoms with E-state index in [2.05, 4.69) is 24.9 Å². The molecule has 1 fully saturated rings. The van der Waals surface area contributed by atoms with Gasteiger partial charge in [-0.15, -0.1) is 13.2 Å². The second-order valence-electron chi connectivity index (χ2n) is 9.72. The maximum atomic E-state index is 14.2. The van der Waals surface area contributed by atoms with Crippen molar-refractivity contribution in [2.24, 2.45) is 0 Å². The van der Waals surface area contributed by atoms with E-state index < -0.39 is 35.4 Å². The molecule has 0 aliphatic carbocycles. The van der Waals surface area contributed by atoms with Crippen molar-refractivity contribution in [1.29, 1.82) is 0 Å². The lowest BCUT2D eigenvalue weighted by atomic mass is 10.1. The Balaban J connectivity index is 1.48. The van der Waals surface area contributed by atoms with E-state index in [0.29, 0.717) is 18.7 Å². The number of piperazine rings is 1. The number of aromatic nitrogens is 3. The van der Waals surface area contributed by atoms with Gasteiger partial charge in [-0.3, -0.25) is 24.0 Å². The van der Waals surface area contributed by atoms with Crippen LogP contribution in [0.15, 0.2) is 65.8 Å². The number of pyridine rings is 1. The van der Waals surface area contributed by atoms with Gasteiger partial charge in [0.1, 0.15) is 17.8 Å². The molecule has 9 nitrogen and oxygen atoms in total. The highest BCUT2D eigenvalue weighted by atomic mass is 19.4. The van der Waals surface area contributed by atoms with Crippen molar-refractivity contribution in [1.82, 2.24) is 24.3 Å². The summed E-state index contributed by atoms with van der Waals surface area (Å²) in [5.41, 5.74) is 0.191. The molecule has 1 aliphatic rings. The van der Waals surface area contributed by atoms with E-state index >= 15 is 0 Å². The molecule has 4 aromatic rings. The van der Waals surface area contributed by atoms with Gasteiger partial charge in [0.15, 0.2) is 5.75 Å². The molecule has 0 bridgehead atoms. The SMILES string of the molecule is CC(C(=O)Nc1cc(-n2cnc3cc(-c4ncccc4F)ccc3c2=O)ccc1OC(F)(F)F)N1CCN(C)CC1. The fourth-order valence-electron chi connectivity index (χ4n) is 4.64. The van der Waals surface area contributed by atoms with Gasteiger partial charge in [-0.05, 0) is 56.4 Å². The van der Waals surface area contributed by atoms with E-state index in [4.69, 9.17) is 0 Å². The molecule has 5 rings (SSSR count). The highest BCUT2D eigenvalue weighted by Crippen LogP contribution is 2.32. The summed E-state index contributed by atoms with van der Waals surface area (Å²) in [7, 11) is 1.97. The van der Waals surface area contributed by atoms with Crippen LogP contribution in [-0.2, 0) is 4.79 Å². The summed E-state index contributed by atoms with van der Waals surface area (Å²) in [4.78, 5) is 38.8. The minimum atomic E-state index is -5.00. The van der Waals surface area contributed by atoms with Gasteiger partial charge in [0.2, 0.25) is 5.91 Å². The van der Waals surface area contributed by atoms with E-state index in [1.807, 2.05) is 11.9 Å². The first-order valence-corrected chi connectivity index (χ1v) is 12.8. The topological polar surface area (TPSA) is 92.6 Å². The fraction of sp³-hybridized carbons (Fsp3) is 0.286. The third-order valence-corrected chi connectivity index (χ3v) is 6.98. The highest BCUT2D eigenvalue weighted by molar-refractivity contribution is 5.96. The number of anilines is 1. The first kappa shape index (κ1) is 28.2. The number of benzene rings is 2. The molecule has 2 aromatic heterocycles. The molecule has 41 heavy (non-hydrogen) atoms. The summed E-state index contributed by atoms with van der Waals surface area (Å²) in [5.74, 6) is -1.67. The Morgan fingerprint density at radius 3 is 2.51 bits per heavy atom. The molecule has 1 aliphatic heterocycles. The molecule has 1 N–H and O–H groups in total. The van der Waals surface area contributed by atoms with E-state index in [1.165, 1.54) is 55.0 Å². The summed E-state index contributed by atoms with van der Waals surface area (Å²) in [6, 6.07) is 10.2. The van der Waals surface area contributed by atoms with Gasteiger partial charge in [-0.25, -0.2) is 9.37 Å². The quantitative estimate of drug-likeness (QED) is 0.350. The molecule has 0 saturated carbocycles. The number of alkyl halides is 3. The number of fused-ring (bicyclic) bond motifs is 1. The monoisotopic (exact) mass is 570 g/mol. The largest absolute Gasteiger partial charge is 0.573 e. The van der Waals surface area contributed by atoms with Crippen molar-refractivity contribution < 1.29 is 27.1 Å². The van der Waals surface area contributed by atoms with Crippen LogP contribution in [0, 0.1) is 5.82 Å². The van der Waals surface area contributed by atoms with Gasteiger partial charge < -0.3 is 15.0 Å². The summed E-state index contributed by atoms with van der Waals surface area (Å²) in [6.07, 6.45) is -2.35. The molecule has 1 unspecified atom stereocenters. The molecule has 2 aromatic carbocycles.